The van der Waals surface area contributed by atoms with Gasteiger partial charge in [0.2, 0.25) is 0 Å². The largest absolute Gasteiger partial charge is 0.394 e. The molecule has 3 heterocycles. The van der Waals surface area contributed by atoms with Crippen molar-refractivity contribution in [1.29, 1.82) is 0 Å². The molecule has 3 aliphatic heterocycles. The predicted molar refractivity (Wildman–Crippen MR) is 108 cm³/mol. The number of hydrogen-bond acceptors (Lipinski definition) is 14. The summed E-state index contributed by atoms with van der Waals surface area (Å²) in [6.07, 6.45) is -19.2. The van der Waals surface area contributed by atoms with Gasteiger partial charge in [-0.15, -0.1) is 0 Å². The van der Waals surface area contributed by atoms with E-state index in [0.29, 0.717) is 0 Å². The standard InChI is InChI=1S/C20H36O14/c1-6-16(12(25)9(5-22)31-18(6)29-3)33-20-17(14(27)11(24)8(4-21)32-20)34-19-15(28)13(26)10(23)7(2)30-19/h6-28H,4-5H2,1-3H3. The highest BCUT2D eigenvalue weighted by atomic mass is 16.8. The zero-order valence-electron chi connectivity index (χ0n) is 19.1. The van der Waals surface area contributed by atoms with Crippen molar-refractivity contribution in [1.82, 2.24) is 0 Å². The van der Waals surface area contributed by atoms with E-state index < -0.39 is 105 Å². The minimum atomic E-state index is -1.71. The van der Waals surface area contributed by atoms with Crippen LogP contribution in [0.2, 0.25) is 0 Å². The third-order valence-corrected chi connectivity index (χ3v) is 6.60. The highest BCUT2D eigenvalue weighted by Gasteiger charge is 2.53. The molecule has 3 saturated heterocycles. The minimum absolute atomic E-state index is 0.542. The monoisotopic (exact) mass is 500 g/mol. The van der Waals surface area contributed by atoms with Crippen LogP contribution in [0.5, 0.6) is 0 Å². The van der Waals surface area contributed by atoms with Gasteiger partial charge in [0.15, 0.2) is 18.9 Å². The van der Waals surface area contributed by atoms with E-state index in [0.717, 1.165) is 0 Å². The molecular weight excluding hydrogens is 464 g/mol. The summed E-state index contributed by atoms with van der Waals surface area (Å²) in [6, 6.07) is 0. The normalized spacial score (nSPS) is 52.5. The van der Waals surface area contributed by atoms with E-state index in [2.05, 4.69) is 0 Å². The maximum absolute atomic E-state index is 10.7. The van der Waals surface area contributed by atoms with E-state index in [-0.39, 0.29) is 0 Å². The summed E-state index contributed by atoms with van der Waals surface area (Å²) in [4.78, 5) is 0. The first-order valence-electron chi connectivity index (χ1n) is 11.2. The van der Waals surface area contributed by atoms with E-state index in [4.69, 9.17) is 28.4 Å². The second-order valence-electron chi connectivity index (χ2n) is 8.90. The lowest BCUT2D eigenvalue weighted by Crippen LogP contribution is -2.65. The Morgan fingerprint density at radius 3 is 1.74 bits per heavy atom. The van der Waals surface area contributed by atoms with Gasteiger partial charge in [0.05, 0.1) is 25.4 Å². The van der Waals surface area contributed by atoms with Gasteiger partial charge in [-0.25, -0.2) is 0 Å². The molecule has 15 unspecified atom stereocenters. The van der Waals surface area contributed by atoms with Crippen LogP contribution in [0.25, 0.3) is 0 Å². The Bertz CT molecular complexity index is 624. The molecule has 3 rings (SSSR count). The number of hydrogen-bond donors (Lipinski definition) is 8. The molecule has 3 aliphatic rings. The summed E-state index contributed by atoms with van der Waals surface area (Å²) in [5, 5.41) is 81.2. The highest BCUT2D eigenvalue weighted by molar-refractivity contribution is 4.95. The maximum atomic E-state index is 10.7. The van der Waals surface area contributed by atoms with Gasteiger partial charge in [-0.2, -0.15) is 0 Å². The fourth-order valence-corrected chi connectivity index (χ4v) is 4.43. The van der Waals surface area contributed by atoms with Crippen molar-refractivity contribution in [2.24, 2.45) is 5.92 Å². The van der Waals surface area contributed by atoms with E-state index in [1.807, 2.05) is 0 Å². The molecule has 3 fully saturated rings. The predicted octanol–water partition coefficient (Wildman–Crippen LogP) is -4.62. The Hall–Kier alpha value is -0.560. The molecule has 8 N–H and O–H groups in total. The van der Waals surface area contributed by atoms with Gasteiger partial charge >= 0.3 is 0 Å². The first kappa shape index (κ1) is 28.0. The van der Waals surface area contributed by atoms with Crippen molar-refractivity contribution in [2.45, 2.75) is 99.9 Å². The smallest absolute Gasteiger partial charge is 0.187 e. The summed E-state index contributed by atoms with van der Waals surface area (Å²) in [5.74, 6) is -0.600. The third-order valence-electron chi connectivity index (χ3n) is 6.60. The fourth-order valence-electron chi connectivity index (χ4n) is 4.43. The van der Waals surface area contributed by atoms with Crippen LogP contribution in [0, 0.1) is 5.92 Å². The minimum Gasteiger partial charge on any atom is -0.394 e. The van der Waals surface area contributed by atoms with Crippen molar-refractivity contribution in [2.75, 3.05) is 20.3 Å². The lowest BCUT2D eigenvalue weighted by atomic mass is 9.91. The highest BCUT2D eigenvalue weighted by Crippen LogP contribution is 2.34. The number of aliphatic hydroxyl groups excluding tert-OH is 8. The van der Waals surface area contributed by atoms with Crippen LogP contribution in [0.3, 0.4) is 0 Å². The molecule has 34 heavy (non-hydrogen) atoms. The van der Waals surface area contributed by atoms with Gasteiger partial charge < -0.3 is 69.3 Å². The first-order valence-corrected chi connectivity index (χ1v) is 11.2. The number of aliphatic hydroxyl groups is 8. The van der Waals surface area contributed by atoms with Crippen LogP contribution < -0.4 is 0 Å². The van der Waals surface area contributed by atoms with E-state index >= 15 is 0 Å². The Kier molecular flexibility index (Phi) is 9.61. The van der Waals surface area contributed by atoms with Crippen molar-refractivity contribution < 1.29 is 69.3 Å². The van der Waals surface area contributed by atoms with E-state index in [1.54, 1.807) is 6.92 Å². The van der Waals surface area contributed by atoms with E-state index in [9.17, 15) is 40.9 Å². The Labute approximate surface area is 196 Å². The molecular formula is C20H36O14. The molecule has 0 aromatic heterocycles. The molecule has 0 saturated carbocycles. The number of rotatable bonds is 7. The molecule has 14 nitrogen and oxygen atoms in total. The zero-order valence-corrected chi connectivity index (χ0v) is 19.1. The Morgan fingerprint density at radius 1 is 0.588 bits per heavy atom. The number of ether oxygens (including phenoxy) is 6. The van der Waals surface area contributed by atoms with Crippen LogP contribution in [0.15, 0.2) is 0 Å². The summed E-state index contributed by atoms with van der Waals surface area (Å²) in [7, 11) is 1.37. The lowest BCUT2D eigenvalue weighted by molar-refractivity contribution is -0.383. The molecule has 0 amide bonds. The number of methoxy groups -OCH3 is 1. The van der Waals surface area contributed by atoms with Gasteiger partial charge in [0.1, 0.15) is 54.9 Å². The summed E-state index contributed by atoms with van der Waals surface area (Å²) in [6.45, 7) is 1.87. The molecule has 0 bridgehead atoms. The van der Waals surface area contributed by atoms with Crippen LogP contribution in [-0.4, -0.2) is 147 Å². The topological polar surface area (TPSA) is 217 Å². The van der Waals surface area contributed by atoms with Crippen molar-refractivity contribution in [3.63, 3.8) is 0 Å². The van der Waals surface area contributed by atoms with Gasteiger partial charge in [-0.3, -0.25) is 0 Å². The van der Waals surface area contributed by atoms with Crippen molar-refractivity contribution >= 4 is 0 Å². The Morgan fingerprint density at radius 2 is 1.15 bits per heavy atom. The van der Waals surface area contributed by atoms with Crippen LogP contribution in [0.4, 0.5) is 0 Å². The average molecular weight is 500 g/mol. The molecule has 0 aromatic rings. The maximum Gasteiger partial charge on any atom is 0.187 e. The summed E-state index contributed by atoms with van der Waals surface area (Å²) < 4.78 is 33.4. The SMILES string of the molecule is COC1OC(CO)C(O)C(OC2OC(CO)C(O)C(O)C2OC2OC(C)C(O)C(O)C2O)C1C. The average Bonchev–Trinajstić information content (AvgIpc) is 2.82. The molecule has 0 radical (unpaired) electrons. The zero-order chi connectivity index (χ0) is 25.3. The fraction of sp³-hybridized carbons (Fsp3) is 1.00. The second kappa shape index (κ2) is 11.7. The van der Waals surface area contributed by atoms with Gasteiger partial charge in [0.25, 0.3) is 0 Å². The Balaban J connectivity index is 1.84. The van der Waals surface area contributed by atoms with Gasteiger partial charge in [0, 0.05) is 13.0 Å². The lowest BCUT2D eigenvalue weighted by Gasteiger charge is -2.48. The summed E-state index contributed by atoms with van der Waals surface area (Å²) in [5.41, 5.74) is 0. The molecule has 15 atom stereocenters. The van der Waals surface area contributed by atoms with Gasteiger partial charge in [-0.1, -0.05) is 6.92 Å². The third kappa shape index (κ3) is 5.40. The van der Waals surface area contributed by atoms with Crippen LogP contribution in [0.1, 0.15) is 13.8 Å². The molecule has 0 spiro atoms. The molecule has 0 aliphatic carbocycles. The molecule has 200 valence electrons. The molecule has 14 heteroatoms. The molecule has 0 aromatic carbocycles. The second-order valence-corrected chi connectivity index (χ2v) is 8.90. The van der Waals surface area contributed by atoms with E-state index in [1.165, 1.54) is 14.0 Å². The van der Waals surface area contributed by atoms with Crippen LogP contribution in [-0.2, 0) is 28.4 Å². The van der Waals surface area contributed by atoms with Gasteiger partial charge in [-0.05, 0) is 6.92 Å². The summed E-state index contributed by atoms with van der Waals surface area (Å²) >= 11 is 0. The first-order chi connectivity index (χ1) is 16.0. The van der Waals surface area contributed by atoms with Crippen molar-refractivity contribution in [3.05, 3.63) is 0 Å². The van der Waals surface area contributed by atoms with Crippen LogP contribution >= 0.6 is 0 Å². The van der Waals surface area contributed by atoms with Crippen molar-refractivity contribution in [3.8, 4) is 0 Å². The quantitative estimate of drug-likeness (QED) is 0.165.